The maximum absolute atomic E-state index is 12.6. The van der Waals surface area contributed by atoms with Crippen LogP contribution in [0.2, 0.25) is 0 Å². The van der Waals surface area contributed by atoms with Crippen molar-refractivity contribution >= 4 is 11.9 Å². The lowest BCUT2D eigenvalue weighted by atomic mass is 9.82. The highest BCUT2D eigenvalue weighted by atomic mass is 16.7. The summed E-state index contributed by atoms with van der Waals surface area (Å²) >= 11 is 0. The monoisotopic (exact) mass is 907 g/mol. The van der Waals surface area contributed by atoms with Gasteiger partial charge in [-0.3, -0.25) is 9.59 Å². The van der Waals surface area contributed by atoms with Gasteiger partial charge >= 0.3 is 11.9 Å². The van der Waals surface area contributed by atoms with Crippen molar-refractivity contribution in [2.75, 3.05) is 0 Å². The van der Waals surface area contributed by atoms with Gasteiger partial charge in [-0.2, -0.15) is 0 Å². The number of carboxylic acid groups (broad SMARTS) is 1. The van der Waals surface area contributed by atoms with E-state index in [4.69, 9.17) is 24.7 Å². The van der Waals surface area contributed by atoms with Crippen LogP contribution in [0.5, 0.6) is 0 Å². The van der Waals surface area contributed by atoms with E-state index in [0.717, 1.165) is 0 Å². The van der Waals surface area contributed by atoms with E-state index in [-0.39, 0.29) is 50.4 Å². The number of esters is 1. The van der Waals surface area contributed by atoms with Crippen LogP contribution in [0.1, 0.15) is 85.5 Å². The average Bonchev–Trinajstić information content (AvgIpc) is 3.22. The number of carbonyl (C=O) groups is 2. The van der Waals surface area contributed by atoms with Crippen molar-refractivity contribution in [3.8, 4) is 0 Å². The summed E-state index contributed by atoms with van der Waals surface area (Å²) in [5.41, 5.74) is 6.02. The molecule has 12 N–H and O–H groups in total. The maximum Gasteiger partial charge on any atom is 0.311 e. The second kappa shape index (κ2) is 27.3. The molecule has 2 saturated heterocycles. The number of rotatable bonds is 3. The quantitative estimate of drug-likeness (QED) is 0.180. The number of hydrogen-bond donors (Lipinski definition) is 11. The second-order valence-corrected chi connectivity index (χ2v) is 17.4. The Morgan fingerprint density at radius 3 is 1.86 bits per heavy atom. The van der Waals surface area contributed by atoms with Crippen molar-refractivity contribution in [3.05, 3.63) is 85.1 Å². The molecule has 0 aromatic carbocycles. The minimum Gasteiger partial charge on any atom is -0.481 e. The molecule has 17 nitrogen and oxygen atoms in total. The van der Waals surface area contributed by atoms with Gasteiger partial charge in [-0.15, -0.1) is 0 Å². The normalized spacial score (nSPS) is 44.8. The summed E-state index contributed by atoms with van der Waals surface area (Å²) in [6.07, 6.45) is 7.41. The Labute approximate surface area is 376 Å². The molecule has 0 radical (unpaired) electrons. The lowest BCUT2D eigenvalue weighted by Crippen LogP contribution is -2.61. The molecule has 0 spiro atoms. The van der Waals surface area contributed by atoms with E-state index >= 15 is 0 Å². The van der Waals surface area contributed by atoms with Crippen molar-refractivity contribution in [1.82, 2.24) is 0 Å². The van der Waals surface area contributed by atoms with Crippen LogP contribution in [0.3, 0.4) is 0 Å². The number of aliphatic hydroxyl groups is 9. The van der Waals surface area contributed by atoms with E-state index in [0.29, 0.717) is 0 Å². The Morgan fingerprint density at radius 2 is 1.27 bits per heavy atom. The van der Waals surface area contributed by atoms with E-state index in [1.165, 1.54) is 13.0 Å². The summed E-state index contributed by atoms with van der Waals surface area (Å²) in [5.74, 6) is -6.36. The number of fused-ring (bicyclic) bond motifs is 2. The van der Waals surface area contributed by atoms with Gasteiger partial charge in [0.05, 0.1) is 67.1 Å². The number of ether oxygens (including phenoxy) is 4. The first-order valence-corrected chi connectivity index (χ1v) is 22.2. The third-order valence-electron chi connectivity index (χ3n) is 12.0. The molecule has 0 aromatic rings. The van der Waals surface area contributed by atoms with Gasteiger partial charge in [0.25, 0.3) is 0 Å². The minimum atomic E-state index is -2.29. The Kier molecular flexibility index (Phi) is 23.4. The first-order valence-electron chi connectivity index (χ1n) is 22.2. The molecule has 64 heavy (non-hydrogen) atoms. The van der Waals surface area contributed by atoms with Gasteiger partial charge in [0.1, 0.15) is 18.1 Å². The molecule has 6 unspecified atom stereocenters. The number of aliphatic hydroxyl groups excluding tert-OH is 8. The van der Waals surface area contributed by atoms with E-state index in [9.17, 15) is 60.7 Å². The summed E-state index contributed by atoms with van der Waals surface area (Å²) in [4.78, 5) is 25.0. The molecule has 2 fully saturated rings. The summed E-state index contributed by atoms with van der Waals surface area (Å²) in [6, 6.07) is -1.14. The zero-order chi connectivity index (χ0) is 47.6. The molecule has 3 heterocycles. The van der Waals surface area contributed by atoms with Crippen LogP contribution < -0.4 is 5.73 Å². The highest BCUT2D eigenvalue weighted by Crippen LogP contribution is 2.38. The third-order valence-corrected chi connectivity index (χ3v) is 12.0. The van der Waals surface area contributed by atoms with Crippen LogP contribution in [0.25, 0.3) is 0 Å². The van der Waals surface area contributed by atoms with Crippen LogP contribution in [0, 0.1) is 17.8 Å². The van der Waals surface area contributed by atoms with Crippen molar-refractivity contribution in [1.29, 1.82) is 0 Å². The van der Waals surface area contributed by atoms with Crippen molar-refractivity contribution in [2.45, 2.75) is 177 Å². The third kappa shape index (κ3) is 18.1. The SMILES string of the molecule is CC1OC(O[C@H]2\C=C/C=C\C=C/C=C\C=C/C=C\C=C/[C@H](C)[C@@H](O)[C@@H](C)[C@H](C)OC(=O)CCC[C@H](O)CC[C@@H](O)[C@H](O)C[C@H](O)C[C@]3(O)C[C@H](O)C(C(=O)O)[C@H](C2)O3)C(O)C(N)C1O. The van der Waals surface area contributed by atoms with Crippen molar-refractivity contribution < 1.29 is 79.6 Å². The second-order valence-electron chi connectivity index (χ2n) is 17.4. The summed E-state index contributed by atoms with van der Waals surface area (Å²) in [7, 11) is 0. The average molecular weight is 908 g/mol. The number of allylic oxidation sites excluding steroid dienone is 12. The van der Waals surface area contributed by atoms with E-state index in [1.54, 1.807) is 50.3 Å². The Hall–Kier alpha value is -3.40. The smallest absolute Gasteiger partial charge is 0.311 e. The van der Waals surface area contributed by atoms with Crippen LogP contribution in [0.15, 0.2) is 85.1 Å². The van der Waals surface area contributed by atoms with Crippen LogP contribution >= 0.6 is 0 Å². The maximum atomic E-state index is 12.6. The molecule has 362 valence electrons. The largest absolute Gasteiger partial charge is 0.481 e. The van der Waals surface area contributed by atoms with E-state index < -0.39 is 128 Å². The minimum absolute atomic E-state index is 0.0209. The molecule has 3 aliphatic heterocycles. The molecule has 17 heteroatoms. The standard InChI is InChI=1S/C47H73NO16/c1-28-18-15-13-11-9-7-5-6-8-10-12-14-16-20-34(63-46-44(57)41(48)43(56)31(4)62-46)25-38-40(45(58)59)37(53)27-47(60,64-38)26-33(50)24-36(52)35(51)23-22-32(49)19-17-21-39(54)61-30(3)29(2)42(28)55/h5-16,18,20,28-38,40-44,46,49-53,55-57,60H,17,19,21-27,48H2,1-4H3,(H,58,59)/b6-5-,9-7-,10-8-,13-11-,14-12-,18-15-,20-16-/t28-,29-,30-,31?,32-,33-,34-,35+,36+,37-,38-,40?,41?,42+,43?,44?,46?,47+/m0/s1. The van der Waals surface area contributed by atoms with Gasteiger partial charge in [0.2, 0.25) is 0 Å². The Bertz CT molecular complexity index is 1630. The fourth-order valence-electron chi connectivity index (χ4n) is 7.90. The summed E-state index contributed by atoms with van der Waals surface area (Å²) in [6.45, 7) is 6.92. The number of carbonyl (C=O) groups excluding carboxylic acids is 1. The van der Waals surface area contributed by atoms with Gasteiger partial charge in [0.15, 0.2) is 12.1 Å². The molecule has 0 saturated carbocycles. The number of cyclic esters (lactones) is 1. The van der Waals surface area contributed by atoms with E-state index in [1.807, 2.05) is 49.5 Å². The molecular weight excluding hydrogens is 835 g/mol. The summed E-state index contributed by atoms with van der Waals surface area (Å²) in [5, 5.41) is 108. The van der Waals surface area contributed by atoms with Crippen molar-refractivity contribution in [2.24, 2.45) is 23.5 Å². The lowest BCUT2D eigenvalue weighted by molar-refractivity contribution is -0.308. The first-order chi connectivity index (χ1) is 30.2. The molecule has 0 amide bonds. The molecule has 0 aromatic heterocycles. The fraction of sp³-hybridized carbons (Fsp3) is 0.660. The number of hydrogen-bond acceptors (Lipinski definition) is 16. The molecule has 2 bridgehead atoms. The van der Waals surface area contributed by atoms with E-state index in [2.05, 4.69) is 0 Å². The van der Waals surface area contributed by atoms with Crippen LogP contribution in [-0.2, 0) is 28.5 Å². The van der Waals surface area contributed by atoms with Crippen LogP contribution in [-0.4, -0.2) is 154 Å². The zero-order valence-electron chi connectivity index (χ0n) is 37.3. The number of carboxylic acids is 1. The predicted octanol–water partition coefficient (Wildman–Crippen LogP) is 1.74. The zero-order valence-corrected chi connectivity index (χ0v) is 37.3. The van der Waals surface area contributed by atoms with Gasteiger partial charge < -0.3 is 75.7 Å². The van der Waals surface area contributed by atoms with Crippen molar-refractivity contribution in [3.63, 3.8) is 0 Å². The predicted molar refractivity (Wildman–Crippen MR) is 236 cm³/mol. The molecular formula is C47H73NO16. The summed E-state index contributed by atoms with van der Waals surface area (Å²) < 4.78 is 23.3. The van der Waals surface area contributed by atoms with Gasteiger partial charge in [0, 0.05) is 43.9 Å². The highest BCUT2D eigenvalue weighted by molar-refractivity contribution is 5.71. The van der Waals surface area contributed by atoms with Crippen LogP contribution in [0.4, 0.5) is 0 Å². The molecule has 0 aliphatic carbocycles. The fourth-order valence-corrected chi connectivity index (χ4v) is 7.90. The van der Waals surface area contributed by atoms with Gasteiger partial charge in [-0.1, -0.05) is 98.9 Å². The van der Waals surface area contributed by atoms with Gasteiger partial charge in [-0.25, -0.2) is 0 Å². The van der Waals surface area contributed by atoms with Gasteiger partial charge in [-0.05, 0) is 39.5 Å². The topological polar surface area (TPSA) is 299 Å². The molecule has 3 rings (SSSR count). The number of nitrogens with two attached hydrogens (primary N) is 1. The Balaban J connectivity index is 1.84. The number of aliphatic carboxylic acids is 1. The Morgan fingerprint density at radius 1 is 0.688 bits per heavy atom. The molecule has 18 atom stereocenters. The lowest BCUT2D eigenvalue weighted by Gasteiger charge is -2.45. The molecule has 3 aliphatic rings. The highest BCUT2D eigenvalue weighted by Gasteiger charge is 2.51. The first kappa shape index (κ1) is 54.9.